The fourth-order valence-corrected chi connectivity index (χ4v) is 4.11. The molecule has 0 spiro atoms. The molecule has 2 nitrogen and oxygen atoms in total. The zero-order valence-electron chi connectivity index (χ0n) is 18.9. The van der Waals surface area contributed by atoms with Crippen LogP contribution in [0, 0.1) is 30.2 Å². The van der Waals surface area contributed by atoms with Crippen molar-refractivity contribution < 1.29 is 27.0 Å². The molecule has 0 bridgehead atoms. The number of ether oxygens (including phenoxy) is 2. The maximum Gasteiger partial charge on any atom is 0.191 e. The van der Waals surface area contributed by atoms with Crippen LogP contribution in [0.25, 0.3) is 5.57 Å². The number of halogens is 4. The van der Waals surface area contributed by atoms with E-state index in [0.29, 0.717) is 34.9 Å². The monoisotopic (exact) mass is 448 g/mol. The van der Waals surface area contributed by atoms with Crippen molar-refractivity contribution in [1.82, 2.24) is 0 Å². The first-order valence-electron chi connectivity index (χ1n) is 10.8. The number of allylic oxidation sites excluding steroid dienone is 2. The highest BCUT2D eigenvalue weighted by Gasteiger charge is 2.29. The standard InChI is InChI=1S/C26H28F4O2/c1-5-6-10-19(25(31-3)16-8-7-9-16)22(18-12-11-17(27)13-15(18)2)23-20(28)14-21(29)26(32-4)24(23)30/h11-14H,5-10H2,1-4H3/b22-19-. The van der Waals surface area contributed by atoms with E-state index in [-0.39, 0.29) is 5.57 Å². The maximum absolute atomic E-state index is 15.5. The van der Waals surface area contributed by atoms with Crippen molar-refractivity contribution in [1.29, 1.82) is 0 Å². The molecule has 3 rings (SSSR count). The molecule has 1 saturated carbocycles. The number of methoxy groups -OCH3 is 2. The van der Waals surface area contributed by atoms with Gasteiger partial charge in [0.05, 0.1) is 19.8 Å². The molecule has 1 aliphatic carbocycles. The van der Waals surface area contributed by atoms with Crippen molar-refractivity contribution in [2.75, 3.05) is 14.2 Å². The van der Waals surface area contributed by atoms with E-state index in [2.05, 4.69) is 0 Å². The van der Waals surface area contributed by atoms with E-state index in [1.807, 2.05) is 6.92 Å². The predicted molar refractivity (Wildman–Crippen MR) is 117 cm³/mol. The molecular weight excluding hydrogens is 420 g/mol. The quantitative estimate of drug-likeness (QED) is 0.305. The van der Waals surface area contributed by atoms with Gasteiger partial charge >= 0.3 is 0 Å². The van der Waals surface area contributed by atoms with Crippen LogP contribution in [0.1, 0.15) is 62.1 Å². The number of unbranched alkanes of at least 4 members (excludes halogenated alkanes) is 1. The van der Waals surface area contributed by atoms with Crippen molar-refractivity contribution in [2.24, 2.45) is 0 Å². The van der Waals surface area contributed by atoms with Gasteiger partial charge in [-0.2, -0.15) is 0 Å². The Labute approximate surface area is 186 Å². The average Bonchev–Trinajstić information content (AvgIpc) is 2.70. The molecule has 2 aromatic carbocycles. The Morgan fingerprint density at radius 3 is 2.25 bits per heavy atom. The average molecular weight is 449 g/mol. The van der Waals surface area contributed by atoms with Gasteiger partial charge in [-0.25, -0.2) is 17.6 Å². The Kier molecular flexibility index (Phi) is 7.64. The Balaban J connectivity index is 2.47. The van der Waals surface area contributed by atoms with Gasteiger partial charge in [0.2, 0.25) is 0 Å². The van der Waals surface area contributed by atoms with Crippen LogP contribution >= 0.6 is 0 Å². The molecule has 0 aliphatic heterocycles. The highest BCUT2D eigenvalue weighted by atomic mass is 19.1. The first-order chi connectivity index (χ1) is 15.3. The Bertz CT molecular complexity index is 1060. The second-order valence-corrected chi connectivity index (χ2v) is 7.97. The topological polar surface area (TPSA) is 18.5 Å². The zero-order valence-corrected chi connectivity index (χ0v) is 18.9. The van der Waals surface area contributed by atoms with E-state index in [1.54, 1.807) is 14.0 Å². The SMILES string of the molecule is CCCC/C(C(OC)=C1CCC1)=C(\c1ccc(F)cc1C)c1c(F)cc(F)c(OC)c1F. The lowest BCUT2D eigenvalue weighted by molar-refractivity contribution is 0.285. The van der Waals surface area contributed by atoms with Gasteiger partial charge in [-0.1, -0.05) is 19.4 Å². The van der Waals surface area contributed by atoms with Gasteiger partial charge in [-0.05, 0) is 67.9 Å². The van der Waals surface area contributed by atoms with Crippen LogP contribution in [-0.2, 0) is 4.74 Å². The fourth-order valence-electron chi connectivity index (χ4n) is 4.11. The van der Waals surface area contributed by atoms with Crippen molar-refractivity contribution in [3.63, 3.8) is 0 Å². The van der Waals surface area contributed by atoms with Gasteiger partial charge in [-0.3, -0.25) is 0 Å². The van der Waals surface area contributed by atoms with Crippen LogP contribution in [0.5, 0.6) is 5.75 Å². The predicted octanol–water partition coefficient (Wildman–Crippen LogP) is 7.64. The molecule has 1 fully saturated rings. The number of hydrogen-bond donors (Lipinski definition) is 0. The highest BCUT2D eigenvalue weighted by Crippen LogP contribution is 2.43. The second-order valence-electron chi connectivity index (χ2n) is 7.97. The molecule has 0 aromatic heterocycles. The van der Waals surface area contributed by atoms with Crippen LogP contribution < -0.4 is 4.74 Å². The summed E-state index contributed by atoms with van der Waals surface area (Å²) in [5.74, 6) is -3.83. The van der Waals surface area contributed by atoms with E-state index in [4.69, 9.17) is 9.47 Å². The molecule has 0 heterocycles. The highest BCUT2D eigenvalue weighted by molar-refractivity contribution is 5.86. The molecule has 6 heteroatoms. The summed E-state index contributed by atoms with van der Waals surface area (Å²) in [4.78, 5) is 0. The minimum absolute atomic E-state index is 0.237. The molecule has 0 saturated heterocycles. The summed E-state index contributed by atoms with van der Waals surface area (Å²) < 4.78 is 69.5. The summed E-state index contributed by atoms with van der Waals surface area (Å²) in [7, 11) is 2.67. The minimum atomic E-state index is -1.13. The summed E-state index contributed by atoms with van der Waals surface area (Å²) in [6.07, 6.45) is 4.79. The summed E-state index contributed by atoms with van der Waals surface area (Å²) in [6.45, 7) is 3.70. The first-order valence-corrected chi connectivity index (χ1v) is 10.8. The number of rotatable bonds is 8. The molecule has 0 radical (unpaired) electrons. The number of aryl methyl sites for hydroxylation is 1. The van der Waals surface area contributed by atoms with Gasteiger partial charge in [0, 0.05) is 17.2 Å². The second kappa shape index (κ2) is 10.2. The third kappa shape index (κ3) is 4.54. The zero-order chi connectivity index (χ0) is 23.4. The van der Waals surface area contributed by atoms with Crippen molar-refractivity contribution in [3.05, 3.63) is 81.1 Å². The van der Waals surface area contributed by atoms with E-state index < -0.39 is 34.6 Å². The third-order valence-corrected chi connectivity index (χ3v) is 5.88. The summed E-state index contributed by atoms with van der Waals surface area (Å²) in [6, 6.07) is 4.68. The molecule has 1 aliphatic rings. The lowest BCUT2D eigenvalue weighted by atomic mass is 9.82. The van der Waals surface area contributed by atoms with E-state index in [1.165, 1.54) is 18.2 Å². The lowest BCUT2D eigenvalue weighted by Crippen LogP contribution is -2.11. The van der Waals surface area contributed by atoms with Crippen molar-refractivity contribution in [3.8, 4) is 5.75 Å². The molecule has 172 valence electrons. The minimum Gasteiger partial charge on any atom is -0.497 e. The van der Waals surface area contributed by atoms with Crippen LogP contribution in [0.4, 0.5) is 17.6 Å². The summed E-state index contributed by atoms with van der Waals surface area (Å²) >= 11 is 0. The fraction of sp³-hybridized carbons (Fsp3) is 0.385. The van der Waals surface area contributed by atoms with Gasteiger partial charge in [-0.15, -0.1) is 0 Å². The van der Waals surface area contributed by atoms with Gasteiger partial charge in [0.1, 0.15) is 17.4 Å². The molecule has 0 unspecified atom stereocenters. The van der Waals surface area contributed by atoms with E-state index in [9.17, 15) is 8.78 Å². The molecular formula is C26H28F4O2. The normalized spacial score (nSPS) is 14.1. The number of hydrogen-bond acceptors (Lipinski definition) is 2. The largest absolute Gasteiger partial charge is 0.497 e. The summed E-state index contributed by atoms with van der Waals surface area (Å²) in [5.41, 5.74) is 2.50. The molecule has 0 atom stereocenters. The van der Waals surface area contributed by atoms with Gasteiger partial charge < -0.3 is 9.47 Å². The lowest BCUT2D eigenvalue weighted by Gasteiger charge is -2.26. The van der Waals surface area contributed by atoms with E-state index in [0.717, 1.165) is 44.8 Å². The first kappa shape index (κ1) is 23.9. The Morgan fingerprint density at radius 1 is 1.00 bits per heavy atom. The van der Waals surface area contributed by atoms with Gasteiger partial charge in [0.25, 0.3) is 0 Å². The van der Waals surface area contributed by atoms with Crippen LogP contribution in [0.3, 0.4) is 0 Å². The maximum atomic E-state index is 15.5. The summed E-state index contributed by atoms with van der Waals surface area (Å²) in [5, 5.41) is 0. The molecule has 32 heavy (non-hydrogen) atoms. The molecule has 0 amide bonds. The Hall–Kier alpha value is -2.76. The van der Waals surface area contributed by atoms with Gasteiger partial charge in [0.15, 0.2) is 17.4 Å². The Morgan fingerprint density at radius 2 is 1.72 bits per heavy atom. The van der Waals surface area contributed by atoms with Crippen LogP contribution in [0.2, 0.25) is 0 Å². The smallest absolute Gasteiger partial charge is 0.191 e. The number of benzene rings is 2. The molecule has 2 aromatic rings. The molecule has 0 N–H and O–H groups in total. The third-order valence-electron chi connectivity index (χ3n) is 5.88. The van der Waals surface area contributed by atoms with Crippen molar-refractivity contribution in [2.45, 2.75) is 52.4 Å². The van der Waals surface area contributed by atoms with Crippen molar-refractivity contribution >= 4 is 5.57 Å². The van der Waals surface area contributed by atoms with E-state index >= 15 is 8.78 Å². The van der Waals surface area contributed by atoms with Crippen LogP contribution in [0.15, 0.2) is 41.2 Å². The van der Waals surface area contributed by atoms with Crippen LogP contribution in [-0.4, -0.2) is 14.2 Å².